The quantitative estimate of drug-likeness (QED) is 0.924. The lowest BCUT2D eigenvalue weighted by atomic mass is 10.1. The van der Waals surface area contributed by atoms with Crippen molar-refractivity contribution in [3.8, 4) is 0 Å². The highest BCUT2D eigenvalue weighted by Crippen LogP contribution is 2.30. The lowest BCUT2D eigenvalue weighted by Crippen LogP contribution is -2.31. The van der Waals surface area contributed by atoms with E-state index in [1.807, 2.05) is 0 Å². The zero-order valence-corrected chi connectivity index (χ0v) is 12.3. The van der Waals surface area contributed by atoms with Gasteiger partial charge in [-0.1, -0.05) is 24.9 Å². The van der Waals surface area contributed by atoms with Gasteiger partial charge < -0.3 is 5.32 Å². The van der Waals surface area contributed by atoms with Crippen LogP contribution in [0.4, 0.5) is 18.9 Å². The molecule has 0 radical (unpaired) electrons. The molecule has 2 atom stereocenters. The van der Waals surface area contributed by atoms with Crippen molar-refractivity contribution in [1.82, 2.24) is 9.78 Å². The van der Waals surface area contributed by atoms with Crippen molar-refractivity contribution in [3.05, 3.63) is 21.6 Å². The molecule has 8 heteroatoms. The minimum absolute atomic E-state index is 0.250. The van der Waals surface area contributed by atoms with E-state index in [-0.39, 0.29) is 5.02 Å². The third-order valence-corrected chi connectivity index (χ3v) is 4.06. The van der Waals surface area contributed by atoms with E-state index in [9.17, 15) is 18.0 Å². The van der Waals surface area contributed by atoms with Gasteiger partial charge in [0.2, 0.25) is 0 Å². The van der Waals surface area contributed by atoms with Crippen LogP contribution in [0.5, 0.6) is 0 Å². The lowest BCUT2D eigenvalue weighted by molar-refractivity contribution is -0.143. The highest BCUT2D eigenvalue weighted by Gasteiger charge is 2.30. The molecule has 118 valence electrons. The van der Waals surface area contributed by atoms with Crippen molar-refractivity contribution >= 4 is 17.3 Å². The van der Waals surface area contributed by atoms with E-state index in [0.29, 0.717) is 28.7 Å². The Labute approximate surface area is 125 Å². The predicted octanol–water partition coefficient (Wildman–Crippen LogP) is 3.31. The number of hydrogen-bond acceptors (Lipinski definition) is 3. The molecule has 4 nitrogen and oxygen atoms in total. The molecular weight excluding hydrogens is 307 g/mol. The third kappa shape index (κ3) is 4.36. The first-order valence-corrected chi connectivity index (χ1v) is 7.20. The Morgan fingerprint density at radius 1 is 1.48 bits per heavy atom. The van der Waals surface area contributed by atoms with E-state index in [2.05, 4.69) is 17.3 Å². The standard InChI is InChI=1S/C13H17ClF3N3O/c1-8-2-3-9(4-8)5-18-10-6-19-20(7-13(15,16)17)12(21)11(10)14/h6,8-9,18H,2-5,7H2,1H3. The van der Waals surface area contributed by atoms with Gasteiger partial charge in [0.1, 0.15) is 11.6 Å². The van der Waals surface area contributed by atoms with Gasteiger partial charge in [-0.25, -0.2) is 4.68 Å². The fourth-order valence-corrected chi connectivity index (χ4v) is 2.85. The number of hydrogen-bond donors (Lipinski definition) is 1. The van der Waals surface area contributed by atoms with Gasteiger partial charge in [-0.2, -0.15) is 18.3 Å². The maximum atomic E-state index is 12.3. The van der Waals surface area contributed by atoms with E-state index in [1.165, 1.54) is 12.6 Å². The number of anilines is 1. The summed E-state index contributed by atoms with van der Waals surface area (Å²) in [6.07, 6.45) is 0.0436. The van der Waals surface area contributed by atoms with Gasteiger partial charge >= 0.3 is 6.18 Å². The van der Waals surface area contributed by atoms with Crippen LogP contribution in [0, 0.1) is 11.8 Å². The Morgan fingerprint density at radius 3 is 2.76 bits per heavy atom. The molecule has 0 bridgehead atoms. The first-order valence-electron chi connectivity index (χ1n) is 6.82. The topological polar surface area (TPSA) is 46.9 Å². The fourth-order valence-electron chi connectivity index (χ4n) is 2.64. The summed E-state index contributed by atoms with van der Waals surface area (Å²) in [5.41, 5.74) is -0.640. The van der Waals surface area contributed by atoms with E-state index in [1.54, 1.807) is 0 Å². The van der Waals surface area contributed by atoms with E-state index in [0.717, 1.165) is 12.8 Å². The van der Waals surface area contributed by atoms with Crippen LogP contribution in [0.15, 0.2) is 11.0 Å². The van der Waals surface area contributed by atoms with Crippen LogP contribution in [0.3, 0.4) is 0 Å². The minimum Gasteiger partial charge on any atom is -0.382 e. The highest BCUT2D eigenvalue weighted by molar-refractivity contribution is 6.32. The number of alkyl halides is 3. The van der Waals surface area contributed by atoms with Crippen LogP contribution in [0.1, 0.15) is 26.2 Å². The molecule has 1 aliphatic rings. The molecular formula is C13H17ClF3N3O. The molecule has 2 rings (SSSR count). The molecule has 1 fully saturated rings. The first kappa shape index (κ1) is 16.1. The SMILES string of the molecule is CC1CCC(CNc2cnn(CC(F)(F)F)c(=O)c2Cl)C1. The summed E-state index contributed by atoms with van der Waals surface area (Å²) in [6.45, 7) is 1.40. The Morgan fingerprint density at radius 2 is 2.19 bits per heavy atom. The molecule has 1 heterocycles. The maximum Gasteiger partial charge on any atom is 0.408 e. The van der Waals surface area contributed by atoms with Crippen molar-refractivity contribution < 1.29 is 13.2 Å². The van der Waals surface area contributed by atoms with Gasteiger partial charge in [-0.3, -0.25) is 4.79 Å². The summed E-state index contributed by atoms with van der Waals surface area (Å²) in [5, 5.41) is 6.29. The number of nitrogens with one attached hydrogen (secondary N) is 1. The summed E-state index contributed by atoms with van der Waals surface area (Å²) < 4.78 is 37.2. The van der Waals surface area contributed by atoms with E-state index < -0.39 is 18.3 Å². The number of nitrogens with zero attached hydrogens (tertiary/aromatic N) is 2. The van der Waals surface area contributed by atoms with Crippen LogP contribution in [-0.4, -0.2) is 22.5 Å². The van der Waals surface area contributed by atoms with E-state index in [4.69, 9.17) is 11.6 Å². The Balaban J connectivity index is 2.05. The molecule has 1 saturated carbocycles. The second kappa shape index (κ2) is 6.25. The minimum atomic E-state index is -4.50. The van der Waals surface area contributed by atoms with Crippen molar-refractivity contribution in [2.24, 2.45) is 11.8 Å². The molecule has 1 N–H and O–H groups in total. The number of rotatable bonds is 4. The van der Waals surface area contributed by atoms with Gasteiger partial charge in [-0.05, 0) is 24.7 Å². The largest absolute Gasteiger partial charge is 0.408 e. The Hall–Kier alpha value is -1.24. The zero-order valence-electron chi connectivity index (χ0n) is 11.6. The summed E-state index contributed by atoms with van der Waals surface area (Å²) in [4.78, 5) is 11.7. The summed E-state index contributed by atoms with van der Waals surface area (Å²) in [6, 6.07) is 0. The van der Waals surface area contributed by atoms with Crippen molar-refractivity contribution in [3.63, 3.8) is 0 Å². The molecule has 0 saturated heterocycles. The third-order valence-electron chi connectivity index (χ3n) is 3.70. The van der Waals surface area contributed by atoms with Crippen LogP contribution in [0.25, 0.3) is 0 Å². The fraction of sp³-hybridized carbons (Fsp3) is 0.692. The maximum absolute atomic E-state index is 12.3. The molecule has 0 spiro atoms. The average molecular weight is 324 g/mol. The molecule has 21 heavy (non-hydrogen) atoms. The summed E-state index contributed by atoms with van der Waals surface area (Å²) in [5.74, 6) is 1.18. The Bertz CT molecular complexity index is 559. The normalized spacial score (nSPS) is 22.5. The number of halogens is 4. The summed E-state index contributed by atoms with van der Waals surface area (Å²) in [7, 11) is 0. The molecule has 1 aromatic rings. The average Bonchev–Trinajstić information content (AvgIpc) is 2.79. The van der Waals surface area contributed by atoms with Gasteiger partial charge in [0.15, 0.2) is 0 Å². The predicted molar refractivity (Wildman–Crippen MR) is 74.6 cm³/mol. The van der Waals surface area contributed by atoms with Crippen LogP contribution in [-0.2, 0) is 6.54 Å². The van der Waals surface area contributed by atoms with Crippen LogP contribution < -0.4 is 10.9 Å². The molecule has 0 aromatic carbocycles. The van der Waals surface area contributed by atoms with Crippen molar-refractivity contribution in [1.29, 1.82) is 0 Å². The van der Waals surface area contributed by atoms with Crippen LogP contribution in [0.2, 0.25) is 5.02 Å². The molecule has 0 aliphatic heterocycles. The lowest BCUT2D eigenvalue weighted by Gasteiger charge is -2.14. The molecule has 2 unspecified atom stereocenters. The molecule has 1 aromatic heterocycles. The van der Waals surface area contributed by atoms with E-state index >= 15 is 0 Å². The second-order valence-electron chi connectivity index (χ2n) is 5.62. The van der Waals surface area contributed by atoms with Crippen molar-refractivity contribution in [2.75, 3.05) is 11.9 Å². The van der Waals surface area contributed by atoms with Crippen molar-refractivity contribution in [2.45, 2.75) is 38.9 Å². The van der Waals surface area contributed by atoms with Gasteiger partial charge in [0, 0.05) is 6.54 Å². The first-order chi connectivity index (χ1) is 9.76. The van der Waals surface area contributed by atoms with Gasteiger partial charge in [-0.15, -0.1) is 0 Å². The Kier molecular flexibility index (Phi) is 4.81. The second-order valence-corrected chi connectivity index (χ2v) is 5.99. The molecule has 1 aliphatic carbocycles. The van der Waals surface area contributed by atoms with Gasteiger partial charge in [0.05, 0.1) is 11.9 Å². The van der Waals surface area contributed by atoms with Crippen LogP contribution >= 0.6 is 11.6 Å². The smallest absolute Gasteiger partial charge is 0.382 e. The molecule has 0 amide bonds. The highest BCUT2D eigenvalue weighted by atomic mass is 35.5. The summed E-state index contributed by atoms with van der Waals surface area (Å²) >= 11 is 5.84. The monoisotopic (exact) mass is 323 g/mol. The number of aromatic nitrogens is 2. The zero-order chi connectivity index (χ0) is 15.6. The van der Waals surface area contributed by atoms with Gasteiger partial charge in [0.25, 0.3) is 5.56 Å².